The minimum Gasteiger partial charge on any atom is -0.468 e. The molecule has 3 heteroatoms. The molecule has 0 spiro atoms. The molecular formula is C13H25NO2. The highest BCUT2D eigenvalue weighted by Gasteiger charge is 2.31. The number of piperidine rings is 1. The smallest absolute Gasteiger partial charge is 0.323 e. The SMILES string of the molecule is CCC[C@@H](C(=O)OC)N1C[C@H](C)C[C@@H](C)C1. The summed E-state index contributed by atoms with van der Waals surface area (Å²) >= 11 is 0. The third kappa shape index (κ3) is 3.48. The second-order valence-electron chi connectivity index (χ2n) is 5.23. The highest BCUT2D eigenvalue weighted by molar-refractivity contribution is 5.75. The number of carbonyl (C=O) groups excluding carboxylic acids is 1. The predicted octanol–water partition coefficient (Wildman–Crippen LogP) is 2.31. The van der Waals surface area contributed by atoms with E-state index in [0.29, 0.717) is 11.8 Å². The highest BCUT2D eigenvalue weighted by atomic mass is 16.5. The number of esters is 1. The first-order valence-electron chi connectivity index (χ1n) is 6.40. The Labute approximate surface area is 99.1 Å². The van der Waals surface area contributed by atoms with Crippen molar-refractivity contribution in [2.24, 2.45) is 11.8 Å². The molecule has 1 rings (SSSR count). The lowest BCUT2D eigenvalue weighted by Gasteiger charge is -2.38. The molecule has 0 bridgehead atoms. The Kier molecular flexibility index (Phi) is 5.26. The topological polar surface area (TPSA) is 29.5 Å². The van der Waals surface area contributed by atoms with Gasteiger partial charge in [-0.15, -0.1) is 0 Å². The maximum Gasteiger partial charge on any atom is 0.323 e. The summed E-state index contributed by atoms with van der Waals surface area (Å²) in [6.07, 6.45) is 3.21. The zero-order valence-corrected chi connectivity index (χ0v) is 11.0. The summed E-state index contributed by atoms with van der Waals surface area (Å²) in [5, 5.41) is 0. The molecule has 1 fully saturated rings. The summed E-state index contributed by atoms with van der Waals surface area (Å²) in [5.74, 6) is 1.31. The van der Waals surface area contributed by atoms with Crippen LogP contribution < -0.4 is 0 Å². The summed E-state index contributed by atoms with van der Waals surface area (Å²) in [5.41, 5.74) is 0. The average molecular weight is 227 g/mol. The zero-order chi connectivity index (χ0) is 12.1. The van der Waals surface area contributed by atoms with E-state index in [1.54, 1.807) is 0 Å². The van der Waals surface area contributed by atoms with Gasteiger partial charge in [0, 0.05) is 13.1 Å². The molecule has 0 unspecified atom stereocenters. The van der Waals surface area contributed by atoms with Gasteiger partial charge in [0.2, 0.25) is 0 Å². The number of carbonyl (C=O) groups is 1. The van der Waals surface area contributed by atoms with Crippen molar-refractivity contribution in [2.45, 2.75) is 46.1 Å². The van der Waals surface area contributed by atoms with Crippen LogP contribution in [-0.2, 0) is 9.53 Å². The van der Waals surface area contributed by atoms with Crippen molar-refractivity contribution < 1.29 is 9.53 Å². The molecule has 0 amide bonds. The van der Waals surface area contributed by atoms with Gasteiger partial charge in [0.25, 0.3) is 0 Å². The number of methoxy groups -OCH3 is 1. The van der Waals surface area contributed by atoms with E-state index in [2.05, 4.69) is 25.7 Å². The fourth-order valence-electron chi connectivity index (χ4n) is 2.82. The second-order valence-corrected chi connectivity index (χ2v) is 5.23. The van der Waals surface area contributed by atoms with Gasteiger partial charge in [0.1, 0.15) is 6.04 Å². The number of likely N-dealkylation sites (tertiary alicyclic amines) is 1. The van der Waals surface area contributed by atoms with Gasteiger partial charge in [-0.2, -0.15) is 0 Å². The van der Waals surface area contributed by atoms with Gasteiger partial charge >= 0.3 is 5.97 Å². The first-order valence-corrected chi connectivity index (χ1v) is 6.40. The number of hydrogen-bond donors (Lipinski definition) is 0. The van der Waals surface area contributed by atoms with Gasteiger partial charge in [-0.05, 0) is 24.7 Å². The molecule has 0 N–H and O–H groups in total. The molecule has 94 valence electrons. The Morgan fingerprint density at radius 3 is 2.38 bits per heavy atom. The maximum absolute atomic E-state index is 11.8. The Bertz CT molecular complexity index is 220. The minimum absolute atomic E-state index is 0.0276. The van der Waals surface area contributed by atoms with Gasteiger partial charge in [-0.25, -0.2) is 0 Å². The normalized spacial score (nSPS) is 28.8. The second kappa shape index (κ2) is 6.24. The first-order chi connectivity index (χ1) is 7.58. The van der Waals surface area contributed by atoms with Crippen LogP contribution in [0.15, 0.2) is 0 Å². The third-order valence-corrected chi connectivity index (χ3v) is 3.37. The van der Waals surface area contributed by atoms with Crippen molar-refractivity contribution in [3.63, 3.8) is 0 Å². The van der Waals surface area contributed by atoms with Crippen molar-refractivity contribution in [3.8, 4) is 0 Å². The van der Waals surface area contributed by atoms with Crippen LogP contribution >= 0.6 is 0 Å². The lowest BCUT2D eigenvalue weighted by molar-refractivity contribution is -0.148. The third-order valence-electron chi connectivity index (χ3n) is 3.37. The average Bonchev–Trinajstić information content (AvgIpc) is 2.23. The van der Waals surface area contributed by atoms with Crippen molar-refractivity contribution in [3.05, 3.63) is 0 Å². The van der Waals surface area contributed by atoms with E-state index >= 15 is 0 Å². The fraction of sp³-hybridized carbons (Fsp3) is 0.923. The lowest BCUT2D eigenvalue weighted by Crippen LogP contribution is -2.48. The van der Waals surface area contributed by atoms with E-state index in [4.69, 9.17) is 4.74 Å². The van der Waals surface area contributed by atoms with Crippen molar-refractivity contribution in [2.75, 3.05) is 20.2 Å². The van der Waals surface area contributed by atoms with E-state index in [0.717, 1.165) is 25.9 Å². The molecule has 3 nitrogen and oxygen atoms in total. The van der Waals surface area contributed by atoms with Gasteiger partial charge in [-0.3, -0.25) is 9.69 Å². The maximum atomic E-state index is 11.8. The number of rotatable bonds is 4. The molecular weight excluding hydrogens is 202 g/mol. The molecule has 3 atom stereocenters. The highest BCUT2D eigenvalue weighted by Crippen LogP contribution is 2.24. The van der Waals surface area contributed by atoms with Crippen molar-refractivity contribution >= 4 is 5.97 Å². The summed E-state index contributed by atoms with van der Waals surface area (Å²) in [4.78, 5) is 14.1. The van der Waals surface area contributed by atoms with Crippen LogP contribution in [0.1, 0.15) is 40.0 Å². The molecule has 0 aromatic rings. The molecule has 0 saturated carbocycles. The van der Waals surface area contributed by atoms with Crippen LogP contribution in [0.5, 0.6) is 0 Å². The molecule has 1 aliphatic rings. The summed E-state index contributed by atoms with van der Waals surface area (Å²) in [6, 6.07) is -0.0276. The molecule has 0 aromatic carbocycles. The Hall–Kier alpha value is -0.570. The molecule has 1 aliphatic heterocycles. The van der Waals surface area contributed by atoms with Crippen molar-refractivity contribution in [1.29, 1.82) is 0 Å². The van der Waals surface area contributed by atoms with E-state index in [9.17, 15) is 4.79 Å². The van der Waals surface area contributed by atoms with E-state index < -0.39 is 0 Å². The van der Waals surface area contributed by atoms with E-state index in [1.807, 2.05) is 0 Å². The molecule has 16 heavy (non-hydrogen) atoms. The summed E-state index contributed by atoms with van der Waals surface area (Å²) < 4.78 is 4.91. The molecule has 0 aromatic heterocycles. The quantitative estimate of drug-likeness (QED) is 0.690. The van der Waals surface area contributed by atoms with Crippen molar-refractivity contribution in [1.82, 2.24) is 4.90 Å². The largest absolute Gasteiger partial charge is 0.468 e. The van der Waals surface area contributed by atoms with Crippen LogP contribution in [0.25, 0.3) is 0 Å². The van der Waals surface area contributed by atoms with Crippen LogP contribution in [0.2, 0.25) is 0 Å². The van der Waals surface area contributed by atoms with Crippen LogP contribution in [0.4, 0.5) is 0 Å². The first kappa shape index (κ1) is 13.5. The van der Waals surface area contributed by atoms with Gasteiger partial charge in [-0.1, -0.05) is 27.2 Å². The Morgan fingerprint density at radius 1 is 1.38 bits per heavy atom. The van der Waals surface area contributed by atoms with Gasteiger partial charge in [0.05, 0.1) is 7.11 Å². The van der Waals surface area contributed by atoms with Crippen LogP contribution in [0.3, 0.4) is 0 Å². The van der Waals surface area contributed by atoms with Crippen LogP contribution in [0, 0.1) is 11.8 Å². The monoisotopic (exact) mass is 227 g/mol. The molecule has 0 radical (unpaired) electrons. The fourth-order valence-corrected chi connectivity index (χ4v) is 2.82. The van der Waals surface area contributed by atoms with E-state index in [-0.39, 0.29) is 12.0 Å². The predicted molar refractivity (Wildman–Crippen MR) is 65.2 cm³/mol. The summed E-state index contributed by atoms with van der Waals surface area (Å²) in [6.45, 7) is 8.72. The minimum atomic E-state index is -0.0665. The zero-order valence-electron chi connectivity index (χ0n) is 11.0. The Morgan fingerprint density at radius 2 is 1.94 bits per heavy atom. The number of hydrogen-bond acceptors (Lipinski definition) is 3. The Balaban J connectivity index is 2.65. The standard InChI is InChI=1S/C13H25NO2/c1-5-6-12(13(15)16-4)14-8-10(2)7-11(3)9-14/h10-12H,5-9H2,1-4H3/t10-,11-,12+/m1/s1. The number of ether oxygens (including phenoxy) is 1. The molecule has 1 saturated heterocycles. The molecule has 1 heterocycles. The lowest BCUT2D eigenvalue weighted by atomic mass is 9.90. The van der Waals surface area contributed by atoms with E-state index in [1.165, 1.54) is 13.5 Å². The van der Waals surface area contributed by atoms with Gasteiger partial charge < -0.3 is 4.74 Å². The van der Waals surface area contributed by atoms with Crippen LogP contribution in [-0.4, -0.2) is 37.1 Å². The molecule has 0 aliphatic carbocycles. The number of nitrogens with zero attached hydrogens (tertiary/aromatic N) is 1. The summed E-state index contributed by atoms with van der Waals surface area (Å²) in [7, 11) is 1.49. The van der Waals surface area contributed by atoms with Gasteiger partial charge in [0.15, 0.2) is 0 Å².